The highest BCUT2D eigenvalue weighted by Crippen LogP contribution is 2.39. The van der Waals surface area contributed by atoms with Crippen molar-refractivity contribution in [3.63, 3.8) is 0 Å². The normalized spacial score (nSPS) is 17.1. The van der Waals surface area contributed by atoms with Crippen molar-refractivity contribution in [3.8, 4) is 28.3 Å². The number of rotatable bonds is 4. The fourth-order valence-electron chi connectivity index (χ4n) is 4.49. The molecule has 5 aromatic rings. The molecule has 176 valence electrons. The van der Waals surface area contributed by atoms with Gasteiger partial charge in [0.15, 0.2) is 5.82 Å². The van der Waals surface area contributed by atoms with Crippen LogP contribution in [0.1, 0.15) is 37.0 Å². The summed E-state index contributed by atoms with van der Waals surface area (Å²) < 4.78 is 19.8. The van der Waals surface area contributed by atoms with E-state index in [0.717, 1.165) is 11.4 Å². The molecule has 0 saturated heterocycles. The molecule has 0 aliphatic carbocycles. The summed E-state index contributed by atoms with van der Waals surface area (Å²) in [7, 11) is 1.78. The second-order valence-corrected chi connectivity index (χ2v) is 8.70. The van der Waals surface area contributed by atoms with Gasteiger partial charge in [-0.2, -0.15) is 4.68 Å². The molecule has 35 heavy (non-hydrogen) atoms. The Labute approximate surface area is 201 Å². The average Bonchev–Trinajstić information content (AvgIpc) is 3.63. The summed E-state index contributed by atoms with van der Waals surface area (Å²) in [5, 5.41) is 18.8. The fourth-order valence-corrected chi connectivity index (χ4v) is 4.65. The maximum Gasteiger partial charge on any atom is 0.254 e. The van der Waals surface area contributed by atoms with Crippen LogP contribution in [0.25, 0.3) is 28.3 Å². The van der Waals surface area contributed by atoms with Crippen LogP contribution in [0, 0.1) is 5.82 Å². The summed E-state index contributed by atoms with van der Waals surface area (Å²) in [6.07, 6.45) is 5.24. The van der Waals surface area contributed by atoms with Crippen molar-refractivity contribution in [2.45, 2.75) is 25.3 Å². The quantitative estimate of drug-likeness (QED) is 0.402. The Morgan fingerprint density at radius 3 is 2.80 bits per heavy atom. The Kier molecular flexibility index (Phi) is 4.81. The summed E-state index contributed by atoms with van der Waals surface area (Å²) >= 11 is 6.07. The van der Waals surface area contributed by atoms with Crippen molar-refractivity contribution in [1.29, 1.82) is 0 Å². The van der Waals surface area contributed by atoms with Crippen LogP contribution in [0.15, 0.2) is 41.7 Å². The fraction of sp³-hybridized carbons (Fsp3) is 0.238. The Morgan fingerprint density at radius 2 is 2.06 bits per heavy atom. The lowest BCUT2D eigenvalue weighted by Crippen LogP contribution is -2.25. The van der Waals surface area contributed by atoms with Gasteiger partial charge in [-0.25, -0.2) is 19.0 Å². The van der Waals surface area contributed by atoms with E-state index in [0.29, 0.717) is 23.8 Å². The lowest BCUT2D eigenvalue weighted by atomic mass is 10.1. The van der Waals surface area contributed by atoms with Gasteiger partial charge in [0.2, 0.25) is 0 Å². The molecule has 0 spiro atoms. The van der Waals surface area contributed by atoms with Gasteiger partial charge < -0.3 is 4.98 Å². The molecule has 0 saturated carbocycles. The first kappa shape index (κ1) is 21.3. The molecule has 12 nitrogen and oxygen atoms in total. The number of tetrazole rings is 1. The molecule has 5 heterocycles. The molecular formula is C21H17ClFN11O. The Balaban J connectivity index is 1.47. The van der Waals surface area contributed by atoms with Crippen molar-refractivity contribution in [2.75, 3.05) is 0 Å². The van der Waals surface area contributed by atoms with E-state index in [4.69, 9.17) is 16.6 Å². The zero-order valence-corrected chi connectivity index (χ0v) is 19.2. The molecule has 2 unspecified atom stereocenters. The summed E-state index contributed by atoms with van der Waals surface area (Å²) in [5.41, 5.74) is 1.68. The molecule has 6 rings (SSSR count). The van der Waals surface area contributed by atoms with Crippen LogP contribution in [0.4, 0.5) is 4.39 Å². The number of hydrogen-bond donors (Lipinski definition) is 1. The molecule has 4 aromatic heterocycles. The zero-order valence-electron chi connectivity index (χ0n) is 18.5. The van der Waals surface area contributed by atoms with Gasteiger partial charge in [0.05, 0.1) is 46.1 Å². The van der Waals surface area contributed by atoms with E-state index in [1.165, 1.54) is 23.1 Å². The third-order valence-corrected chi connectivity index (χ3v) is 6.43. The van der Waals surface area contributed by atoms with Crippen LogP contribution >= 0.6 is 11.6 Å². The number of nitrogens with one attached hydrogen (secondary N) is 1. The predicted octanol–water partition coefficient (Wildman–Crippen LogP) is 2.29. The predicted molar refractivity (Wildman–Crippen MR) is 121 cm³/mol. The van der Waals surface area contributed by atoms with Crippen LogP contribution in [0.5, 0.6) is 0 Å². The van der Waals surface area contributed by atoms with Crippen molar-refractivity contribution in [3.05, 3.63) is 69.8 Å². The van der Waals surface area contributed by atoms with E-state index < -0.39 is 5.82 Å². The number of hydrogen-bond acceptors (Lipinski definition) is 8. The summed E-state index contributed by atoms with van der Waals surface area (Å²) in [6, 6.07) is 3.93. The molecule has 1 aliphatic heterocycles. The number of fused-ring (bicyclic) bond motifs is 1. The molecule has 14 heteroatoms. The maximum absolute atomic E-state index is 15.2. The van der Waals surface area contributed by atoms with E-state index in [1.54, 1.807) is 34.8 Å². The lowest BCUT2D eigenvalue weighted by molar-refractivity contribution is 0.555. The highest BCUT2D eigenvalue weighted by atomic mass is 35.5. The molecule has 0 radical (unpaired) electrons. The first-order valence-electron chi connectivity index (χ1n) is 10.7. The molecule has 0 bridgehead atoms. The molecular weight excluding hydrogens is 477 g/mol. The maximum atomic E-state index is 15.2. The first-order valence-corrected chi connectivity index (χ1v) is 11.1. The number of nitrogens with zero attached hydrogens (tertiary/aromatic N) is 10. The summed E-state index contributed by atoms with van der Waals surface area (Å²) in [4.78, 5) is 25.9. The molecule has 1 aliphatic rings. The van der Waals surface area contributed by atoms with Crippen LogP contribution in [-0.2, 0) is 7.05 Å². The van der Waals surface area contributed by atoms with Gasteiger partial charge in [-0.05, 0) is 29.0 Å². The number of aryl methyl sites for hydroxylation is 1. The minimum Gasteiger partial charge on any atom is -0.339 e. The number of aromatic amines is 1. The summed E-state index contributed by atoms with van der Waals surface area (Å²) in [5.74, 6) is 0.351. The lowest BCUT2D eigenvalue weighted by Gasteiger charge is -2.15. The number of halogens is 2. The van der Waals surface area contributed by atoms with E-state index in [-0.39, 0.29) is 33.8 Å². The SMILES string of the molecule is CC1CC(c2ncc(-c3cnnn3C)[nH]2)n2c1nc(-c1c(-n3cnnn3)ccc(Cl)c1F)cc2=O. The van der Waals surface area contributed by atoms with Crippen molar-refractivity contribution >= 4 is 11.6 Å². The van der Waals surface area contributed by atoms with E-state index in [9.17, 15) is 4.79 Å². The highest BCUT2D eigenvalue weighted by molar-refractivity contribution is 6.31. The topological polar surface area (TPSA) is 138 Å². The van der Waals surface area contributed by atoms with Crippen molar-refractivity contribution in [2.24, 2.45) is 7.05 Å². The van der Waals surface area contributed by atoms with Gasteiger partial charge in [-0.3, -0.25) is 9.36 Å². The molecule has 0 fully saturated rings. The summed E-state index contributed by atoms with van der Waals surface area (Å²) in [6.45, 7) is 1.97. The van der Waals surface area contributed by atoms with E-state index in [1.807, 2.05) is 6.92 Å². The average molecular weight is 494 g/mol. The number of H-pyrrole nitrogens is 1. The number of imidazole rings is 1. The number of aromatic nitrogens is 11. The van der Waals surface area contributed by atoms with Gasteiger partial charge in [-0.15, -0.1) is 10.2 Å². The molecule has 0 amide bonds. The third-order valence-electron chi connectivity index (χ3n) is 6.14. The van der Waals surface area contributed by atoms with E-state index in [2.05, 4.69) is 35.8 Å². The van der Waals surface area contributed by atoms with Crippen LogP contribution < -0.4 is 5.56 Å². The minimum atomic E-state index is -0.709. The Hall–Kier alpha value is -4.26. The molecule has 2 atom stereocenters. The largest absolute Gasteiger partial charge is 0.339 e. The van der Waals surface area contributed by atoms with Crippen LogP contribution in [0.2, 0.25) is 5.02 Å². The van der Waals surface area contributed by atoms with Gasteiger partial charge in [0.1, 0.15) is 23.7 Å². The third kappa shape index (κ3) is 3.34. The first-order chi connectivity index (χ1) is 16.9. The second kappa shape index (κ2) is 7.91. The van der Waals surface area contributed by atoms with E-state index >= 15 is 4.39 Å². The van der Waals surface area contributed by atoms with Gasteiger partial charge in [0, 0.05) is 19.0 Å². The molecule has 1 aromatic carbocycles. The van der Waals surface area contributed by atoms with Crippen molar-refractivity contribution in [1.82, 2.24) is 54.7 Å². The van der Waals surface area contributed by atoms with Crippen LogP contribution in [0.3, 0.4) is 0 Å². The van der Waals surface area contributed by atoms with Gasteiger partial charge in [-0.1, -0.05) is 23.7 Å². The van der Waals surface area contributed by atoms with Crippen LogP contribution in [-0.4, -0.2) is 54.7 Å². The zero-order chi connectivity index (χ0) is 24.3. The Bertz CT molecular complexity index is 1620. The highest BCUT2D eigenvalue weighted by Gasteiger charge is 2.34. The monoisotopic (exact) mass is 493 g/mol. The minimum absolute atomic E-state index is 0.0462. The van der Waals surface area contributed by atoms with Gasteiger partial charge >= 0.3 is 0 Å². The number of benzene rings is 1. The molecule has 1 N–H and O–H groups in total. The second-order valence-electron chi connectivity index (χ2n) is 8.30. The Morgan fingerprint density at radius 1 is 1.20 bits per heavy atom. The van der Waals surface area contributed by atoms with Crippen molar-refractivity contribution < 1.29 is 4.39 Å². The standard InChI is InChI=1S/C21H17ClFN11O/c1-10-5-15(20-24-7-13(27-20)16-8-25-30-32(16)2)34-17(35)6-12(28-21(10)34)18-14(33-9-26-29-31-33)4-3-11(22)19(18)23/h3-4,6-10,15H,5H2,1-2H3,(H,24,27). The smallest absolute Gasteiger partial charge is 0.254 e. The van der Waals surface area contributed by atoms with Gasteiger partial charge in [0.25, 0.3) is 5.56 Å².